The largest absolute Gasteiger partial charge is 0.497 e. The van der Waals surface area contributed by atoms with Crippen LogP contribution in [0.5, 0.6) is 5.75 Å². The summed E-state index contributed by atoms with van der Waals surface area (Å²) in [7, 11) is 1.59. The van der Waals surface area contributed by atoms with Gasteiger partial charge in [-0.1, -0.05) is 0 Å². The molecule has 1 heterocycles. The Bertz CT molecular complexity index is 614. The van der Waals surface area contributed by atoms with Crippen LogP contribution >= 0.6 is 0 Å². The molecule has 1 N–H and O–H groups in total. The van der Waals surface area contributed by atoms with Crippen LogP contribution < -0.4 is 10.1 Å². The summed E-state index contributed by atoms with van der Waals surface area (Å²) in [6.45, 7) is 1.66. The van der Waals surface area contributed by atoms with E-state index in [1.807, 2.05) is 0 Å². The lowest BCUT2D eigenvalue weighted by molar-refractivity contribution is -0.116. The normalized spacial score (nSPS) is 10.1. The van der Waals surface area contributed by atoms with Crippen molar-refractivity contribution in [2.75, 3.05) is 12.4 Å². The quantitative estimate of drug-likeness (QED) is 0.850. The van der Waals surface area contributed by atoms with Crippen molar-refractivity contribution in [3.8, 4) is 5.75 Å². The lowest BCUT2D eigenvalue weighted by Crippen LogP contribution is -2.17. The van der Waals surface area contributed by atoms with Gasteiger partial charge >= 0.3 is 0 Å². The second-order valence-corrected chi connectivity index (χ2v) is 4.41. The number of anilines is 1. The van der Waals surface area contributed by atoms with Crippen LogP contribution in [0.1, 0.15) is 17.3 Å². The van der Waals surface area contributed by atoms with E-state index in [9.17, 15) is 9.59 Å². The summed E-state index contributed by atoms with van der Waals surface area (Å²) in [6, 6.07) is 8.79. The van der Waals surface area contributed by atoms with Crippen molar-refractivity contribution in [1.82, 2.24) is 4.57 Å². The summed E-state index contributed by atoms with van der Waals surface area (Å²) in [5, 5.41) is 2.78. The van der Waals surface area contributed by atoms with Gasteiger partial charge in [0.15, 0.2) is 5.78 Å². The minimum absolute atomic E-state index is 0.0145. The molecule has 2 aromatic rings. The maximum Gasteiger partial charge on any atom is 0.244 e. The summed E-state index contributed by atoms with van der Waals surface area (Å²) in [4.78, 5) is 23.0. The van der Waals surface area contributed by atoms with Gasteiger partial charge in [0.25, 0.3) is 0 Å². The maximum absolute atomic E-state index is 11.9. The van der Waals surface area contributed by atoms with E-state index in [-0.39, 0.29) is 18.2 Å². The number of nitrogens with one attached hydrogen (secondary N) is 1. The number of ketones is 1. The first kappa shape index (κ1) is 13.9. The van der Waals surface area contributed by atoms with Crippen LogP contribution in [0.25, 0.3) is 0 Å². The Hall–Kier alpha value is -2.56. The fourth-order valence-electron chi connectivity index (χ4n) is 1.79. The van der Waals surface area contributed by atoms with Gasteiger partial charge in [-0.15, -0.1) is 0 Å². The van der Waals surface area contributed by atoms with Gasteiger partial charge in [-0.25, -0.2) is 0 Å². The number of rotatable bonds is 5. The zero-order valence-electron chi connectivity index (χ0n) is 11.4. The number of hydrogen-bond acceptors (Lipinski definition) is 3. The third-order valence-corrected chi connectivity index (χ3v) is 2.86. The topological polar surface area (TPSA) is 60.3 Å². The third-order valence-electron chi connectivity index (χ3n) is 2.86. The minimum atomic E-state index is -0.152. The van der Waals surface area contributed by atoms with E-state index in [1.165, 1.54) is 6.92 Å². The van der Waals surface area contributed by atoms with Crippen LogP contribution in [0.2, 0.25) is 0 Å². The summed E-state index contributed by atoms with van der Waals surface area (Å²) in [5.41, 5.74) is 1.30. The van der Waals surface area contributed by atoms with E-state index in [0.717, 1.165) is 5.75 Å². The number of Topliss-reactive ketones (excluding diaryl/α,β-unsaturated/α-hetero) is 1. The Balaban J connectivity index is 1.95. The molecular weight excluding hydrogens is 256 g/mol. The molecule has 1 aromatic heterocycles. The minimum Gasteiger partial charge on any atom is -0.497 e. The first-order valence-electron chi connectivity index (χ1n) is 6.19. The average molecular weight is 272 g/mol. The van der Waals surface area contributed by atoms with Gasteiger partial charge in [0.2, 0.25) is 5.91 Å². The number of carbonyl (C=O) groups excluding carboxylic acids is 2. The van der Waals surface area contributed by atoms with Crippen LogP contribution in [0.15, 0.2) is 42.7 Å². The number of amides is 1. The van der Waals surface area contributed by atoms with E-state index >= 15 is 0 Å². The highest BCUT2D eigenvalue weighted by atomic mass is 16.5. The lowest BCUT2D eigenvalue weighted by atomic mass is 10.2. The van der Waals surface area contributed by atoms with E-state index in [1.54, 1.807) is 54.4 Å². The van der Waals surface area contributed by atoms with Gasteiger partial charge in [0.05, 0.1) is 7.11 Å². The van der Waals surface area contributed by atoms with Crippen LogP contribution in [0.4, 0.5) is 5.69 Å². The number of ether oxygens (including phenoxy) is 1. The molecule has 20 heavy (non-hydrogen) atoms. The maximum atomic E-state index is 11.9. The number of carbonyl (C=O) groups is 2. The first-order chi connectivity index (χ1) is 9.58. The van der Waals surface area contributed by atoms with Crippen molar-refractivity contribution in [1.29, 1.82) is 0 Å². The van der Waals surface area contributed by atoms with E-state index < -0.39 is 0 Å². The Morgan fingerprint density at radius 2 is 1.90 bits per heavy atom. The predicted octanol–water partition coefficient (Wildman–Crippen LogP) is 2.34. The molecule has 0 unspecified atom stereocenters. The van der Waals surface area contributed by atoms with Gasteiger partial charge < -0.3 is 14.6 Å². The second kappa shape index (κ2) is 6.06. The summed E-state index contributed by atoms with van der Waals surface area (Å²) >= 11 is 0. The van der Waals surface area contributed by atoms with Crippen LogP contribution in [0, 0.1) is 0 Å². The average Bonchev–Trinajstić information content (AvgIpc) is 2.88. The van der Waals surface area contributed by atoms with Gasteiger partial charge in [-0.05, 0) is 37.3 Å². The molecule has 0 spiro atoms. The summed E-state index contributed by atoms with van der Waals surface area (Å²) < 4.78 is 6.72. The Morgan fingerprint density at radius 3 is 2.45 bits per heavy atom. The zero-order valence-corrected chi connectivity index (χ0v) is 11.4. The van der Waals surface area contributed by atoms with Crippen LogP contribution in [-0.4, -0.2) is 23.4 Å². The molecule has 0 bridgehead atoms. The Morgan fingerprint density at radius 1 is 1.20 bits per heavy atom. The number of nitrogens with zero attached hydrogens (tertiary/aromatic N) is 1. The van der Waals surface area contributed by atoms with Gasteiger partial charge in [0, 0.05) is 23.6 Å². The lowest BCUT2D eigenvalue weighted by Gasteiger charge is -2.07. The van der Waals surface area contributed by atoms with Gasteiger partial charge in [-0.3, -0.25) is 9.59 Å². The molecule has 1 amide bonds. The Kier molecular flexibility index (Phi) is 4.20. The van der Waals surface area contributed by atoms with E-state index in [0.29, 0.717) is 11.3 Å². The fraction of sp³-hybridized carbons (Fsp3) is 0.200. The highest BCUT2D eigenvalue weighted by molar-refractivity contribution is 5.94. The van der Waals surface area contributed by atoms with Gasteiger partial charge in [0.1, 0.15) is 12.3 Å². The third kappa shape index (κ3) is 3.47. The molecule has 0 aliphatic heterocycles. The van der Waals surface area contributed by atoms with Crippen molar-refractivity contribution >= 4 is 17.4 Å². The van der Waals surface area contributed by atoms with E-state index in [2.05, 4.69) is 5.32 Å². The molecule has 0 fully saturated rings. The van der Waals surface area contributed by atoms with Crippen molar-refractivity contribution in [3.63, 3.8) is 0 Å². The smallest absolute Gasteiger partial charge is 0.244 e. The molecule has 0 atom stereocenters. The molecule has 1 aromatic carbocycles. The number of hydrogen-bond donors (Lipinski definition) is 1. The predicted molar refractivity (Wildman–Crippen MR) is 76.1 cm³/mol. The fourth-order valence-corrected chi connectivity index (χ4v) is 1.79. The highest BCUT2D eigenvalue weighted by Gasteiger charge is 2.06. The first-order valence-corrected chi connectivity index (χ1v) is 6.19. The molecule has 104 valence electrons. The van der Waals surface area contributed by atoms with Crippen molar-refractivity contribution < 1.29 is 14.3 Å². The summed E-state index contributed by atoms with van der Waals surface area (Å²) in [5.74, 6) is 0.569. The molecule has 0 aliphatic carbocycles. The molecule has 5 heteroatoms. The molecule has 0 aliphatic rings. The molecule has 2 rings (SSSR count). The molecule has 0 radical (unpaired) electrons. The summed E-state index contributed by atoms with van der Waals surface area (Å²) in [6.07, 6.45) is 3.38. The monoisotopic (exact) mass is 272 g/mol. The number of benzene rings is 1. The van der Waals surface area contributed by atoms with Crippen molar-refractivity contribution in [3.05, 3.63) is 48.3 Å². The highest BCUT2D eigenvalue weighted by Crippen LogP contribution is 2.15. The van der Waals surface area contributed by atoms with E-state index in [4.69, 9.17) is 4.74 Å². The van der Waals surface area contributed by atoms with Crippen molar-refractivity contribution in [2.24, 2.45) is 0 Å². The number of aromatic nitrogens is 1. The zero-order chi connectivity index (χ0) is 14.5. The van der Waals surface area contributed by atoms with Crippen LogP contribution in [-0.2, 0) is 11.3 Å². The van der Waals surface area contributed by atoms with Crippen molar-refractivity contribution in [2.45, 2.75) is 13.5 Å². The molecule has 5 nitrogen and oxygen atoms in total. The standard InChI is InChI=1S/C15H16N2O3/c1-11(18)12-7-8-17(9-12)10-15(19)16-13-3-5-14(20-2)6-4-13/h3-9H,10H2,1-2H3,(H,16,19). The number of methoxy groups -OCH3 is 1. The molecule has 0 saturated carbocycles. The second-order valence-electron chi connectivity index (χ2n) is 4.41. The molecular formula is C15H16N2O3. The van der Waals surface area contributed by atoms with Crippen LogP contribution in [0.3, 0.4) is 0 Å². The molecule has 0 saturated heterocycles. The Labute approximate surface area is 117 Å². The van der Waals surface area contributed by atoms with Gasteiger partial charge in [-0.2, -0.15) is 0 Å². The SMILES string of the molecule is COc1ccc(NC(=O)Cn2ccc(C(C)=O)c2)cc1.